The minimum absolute atomic E-state index is 0.316. The van der Waals surface area contributed by atoms with E-state index in [1.807, 2.05) is 0 Å². The molecule has 0 rings (SSSR count). The van der Waals surface area contributed by atoms with Crippen molar-refractivity contribution in [3.05, 3.63) is 0 Å². The van der Waals surface area contributed by atoms with Crippen molar-refractivity contribution in [2.75, 3.05) is 13.7 Å². The molecule has 0 atom stereocenters. The minimum Gasteiger partial charge on any atom is -0.453 e. The van der Waals surface area contributed by atoms with E-state index in [0.29, 0.717) is 0 Å². The van der Waals surface area contributed by atoms with E-state index in [4.69, 9.17) is 0 Å². The Balaban J connectivity index is 2.97. The zero-order chi connectivity index (χ0) is 14.9. The van der Waals surface area contributed by atoms with Crippen molar-refractivity contribution in [1.82, 2.24) is 5.32 Å². The molecule has 0 fully saturated rings. The molecular weight excluding hydrogens is 250 g/mol. The highest BCUT2D eigenvalue weighted by atomic mass is 16.5. The zero-order valence-electron chi connectivity index (χ0n) is 13.7. The number of carbonyl (C=O) groups is 1. The number of ether oxygens (including phenoxy) is 1. The Morgan fingerprint density at radius 1 is 0.750 bits per heavy atom. The summed E-state index contributed by atoms with van der Waals surface area (Å²) in [5, 5.41) is 2.71. The monoisotopic (exact) mass is 285 g/mol. The average Bonchev–Trinajstić information content (AvgIpc) is 2.47. The predicted molar refractivity (Wildman–Crippen MR) is 86.1 cm³/mol. The van der Waals surface area contributed by atoms with E-state index in [9.17, 15) is 4.79 Å². The SMILES string of the molecule is CCCCCCCCCCCCCCCNC(=O)OC. The van der Waals surface area contributed by atoms with E-state index < -0.39 is 0 Å². The number of unbranched alkanes of at least 4 members (excludes halogenated alkanes) is 12. The average molecular weight is 285 g/mol. The summed E-state index contributed by atoms with van der Waals surface area (Å²) in [6, 6.07) is 0. The molecule has 0 aliphatic carbocycles. The summed E-state index contributed by atoms with van der Waals surface area (Å²) in [5.74, 6) is 0. The first-order valence-electron chi connectivity index (χ1n) is 8.63. The number of rotatable bonds is 14. The van der Waals surface area contributed by atoms with Gasteiger partial charge in [-0.15, -0.1) is 0 Å². The van der Waals surface area contributed by atoms with Crippen LogP contribution in [0, 0.1) is 0 Å². The van der Waals surface area contributed by atoms with E-state index in [1.54, 1.807) is 0 Å². The molecule has 0 aromatic heterocycles. The number of hydrogen-bond acceptors (Lipinski definition) is 2. The number of nitrogens with one attached hydrogen (secondary N) is 1. The first kappa shape index (κ1) is 19.3. The Kier molecular flexibility index (Phi) is 15.7. The van der Waals surface area contributed by atoms with Gasteiger partial charge in [-0.3, -0.25) is 0 Å². The molecule has 0 radical (unpaired) electrons. The molecule has 0 aliphatic rings. The standard InChI is InChI=1S/C17H35NO2/c1-3-4-5-6-7-8-9-10-11-12-13-14-15-16-18-17(19)20-2/h3-16H2,1-2H3,(H,18,19). The van der Waals surface area contributed by atoms with Crippen LogP contribution in [0.5, 0.6) is 0 Å². The van der Waals surface area contributed by atoms with Gasteiger partial charge in [-0.25, -0.2) is 4.79 Å². The fraction of sp³-hybridized carbons (Fsp3) is 0.941. The van der Waals surface area contributed by atoms with Crippen LogP contribution in [0.4, 0.5) is 4.79 Å². The van der Waals surface area contributed by atoms with E-state index >= 15 is 0 Å². The maximum absolute atomic E-state index is 10.8. The highest BCUT2D eigenvalue weighted by Crippen LogP contribution is 2.12. The van der Waals surface area contributed by atoms with E-state index in [2.05, 4.69) is 17.0 Å². The number of amides is 1. The Hall–Kier alpha value is -0.730. The van der Waals surface area contributed by atoms with Gasteiger partial charge in [0.2, 0.25) is 0 Å². The minimum atomic E-state index is -0.316. The highest BCUT2D eigenvalue weighted by Gasteiger charge is 1.96. The second kappa shape index (κ2) is 16.3. The van der Waals surface area contributed by atoms with Crippen LogP contribution in [0.25, 0.3) is 0 Å². The van der Waals surface area contributed by atoms with Crippen molar-refractivity contribution < 1.29 is 9.53 Å². The largest absolute Gasteiger partial charge is 0.453 e. The second-order valence-corrected chi connectivity index (χ2v) is 5.66. The van der Waals surface area contributed by atoms with Gasteiger partial charge in [0.15, 0.2) is 0 Å². The molecule has 0 bridgehead atoms. The summed E-state index contributed by atoms with van der Waals surface area (Å²) >= 11 is 0. The van der Waals surface area contributed by atoms with Crippen molar-refractivity contribution in [3.8, 4) is 0 Å². The molecule has 1 amide bonds. The molecule has 3 heteroatoms. The molecule has 0 saturated heterocycles. The number of methoxy groups -OCH3 is 1. The van der Waals surface area contributed by atoms with Gasteiger partial charge in [0.1, 0.15) is 0 Å². The van der Waals surface area contributed by atoms with Crippen LogP contribution < -0.4 is 5.32 Å². The predicted octanol–water partition coefficient (Wildman–Crippen LogP) is 5.43. The molecule has 0 spiro atoms. The smallest absolute Gasteiger partial charge is 0.406 e. The second-order valence-electron chi connectivity index (χ2n) is 5.66. The van der Waals surface area contributed by atoms with Crippen LogP contribution >= 0.6 is 0 Å². The zero-order valence-corrected chi connectivity index (χ0v) is 13.7. The summed E-state index contributed by atoms with van der Waals surface area (Å²) in [7, 11) is 1.40. The molecule has 0 saturated carbocycles. The van der Waals surface area contributed by atoms with Crippen LogP contribution in [0.1, 0.15) is 90.4 Å². The van der Waals surface area contributed by atoms with Crippen LogP contribution in [0.3, 0.4) is 0 Å². The van der Waals surface area contributed by atoms with Crippen molar-refractivity contribution in [3.63, 3.8) is 0 Å². The summed E-state index contributed by atoms with van der Waals surface area (Å²) < 4.78 is 4.51. The maximum atomic E-state index is 10.8. The quantitative estimate of drug-likeness (QED) is 0.432. The van der Waals surface area contributed by atoms with Gasteiger partial charge in [-0.05, 0) is 6.42 Å². The van der Waals surface area contributed by atoms with Gasteiger partial charge >= 0.3 is 6.09 Å². The van der Waals surface area contributed by atoms with Crippen LogP contribution in [0.15, 0.2) is 0 Å². The molecule has 3 nitrogen and oxygen atoms in total. The first-order valence-corrected chi connectivity index (χ1v) is 8.63. The third-order valence-corrected chi connectivity index (χ3v) is 3.74. The number of carbonyl (C=O) groups excluding carboxylic acids is 1. The third kappa shape index (κ3) is 15.3. The van der Waals surface area contributed by atoms with Crippen molar-refractivity contribution >= 4 is 6.09 Å². The molecule has 1 N–H and O–H groups in total. The summed E-state index contributed by atoms with van der Waals surface area (Å²) in [6.07, 6.45) is 17.2. The fourth-order valence-electron chi connectivity index (χ4n) is 2.41. The normalized spacial score (nSPS) is 10.5. The number of alkyl carbamates (subject to hydrolysis) is 1. The molecule has 0 aromatic rings. The highest BCUT2D eigenvalue weighted by molar-refractivity contribution is 5.66. The van der Waals surface area contributed by atoms with Crippen molar-refractivity contribution in [2.24, 2.45) is 0 Å². The van der Waals surface area contributed by atoms with Gasteiger partial charge in [-0.1, -0.05) is 84.0 Å². The Bertz CT molecular complexity index is 207. The van der Waals surface area contributed by atoms with Gasteiger partial charge in [0.05, 0.1) is 7.11 Å². The summed E-state index contributed by atoms with van der Waals surface area (Å²) in [6.45, 7) is 3.01. The van der Waals surface area contributed by atoms with Gasteiger partial charge in [0, 0.05) is 6.54 Å². The van der Waals surface area contributed by atoms with Crippen LogP contribution in [0.2, 0.25) is 0 Å². The Morgan fingerprint density at radius 2 is 1.15 bits per heavy atom. The van der Waals surface area contributed by atoms with E-state index in [0.717, 1.165) is 13.0 Å². The summed E-state index contributed by atoms with van der Waals surface area (Å²) in [4.78, 5) is 10.8. The lowest BCUT2D eigenvalue weighted by Gasteiger charge is -2.04. The van der Waals surface area contributed by atoms with E-state index in [1.165, 1.54) is 84.2 Å². The van der Waals surface area contributed by atoms with Gasteiger partial charge in [-0.2, -0.15) is 0 Å². The van der Waals surface area contributed by atoms with Crippen molar-refractivity contribution in [2.45, 2.75) is 90.4 Å². The lowest BCUT2D eigenvalue weighted by atomic mass is 10.0. The van der Waals surface area contributed by atoms with E-state index in [-0.39, 0.29) is 6.09 Å². The van der Waals surface area contributed by atoms with Crippen LogP contribution in [-0.2, 0) is 4.74 Å². The molecule has 0 heterocycles. The molecule has 0 aliphatic heterocycles. The molecule has 120 valence electrons. The topological polar surface area (TPSA) is 38.3 Å². The Labute approximate surface area is 125 Å². The fourth-order valence-corrected chi connectivity index (χ4v) is 2.41. The maximum Gasteiger partial charge on any atom is 0.406 e. The number of hydrogen-bond donors (Lipinski definition) is 1. The summed E-state index contributed by atoms with van der Waals surface area (Å²) in [5.41, 5.74) is 0. The van der Waals surface area contributed by atoms with Gasteiger partial charge < -0.3 is 10.1 Å². The lowest BCUT2D eigenvalue weighted by molar-refractivity contribution is 0.171. The third-order valence-electron chi connectivity index (χ3n) is 3.74. The molecular formula is C17H35NO2. The van der Waals surface area contributed by atoms with Crippen LogP contribution in [-0.4, -0.2) is 19.7 Å². The lowest BCUT2D eigenvalue weighted by Crippen LogP contribution is -2.23. The molecule has 0 unspecified atom stereocenters. The Morgan fingerprint density at radius 3 is 1.55 bits per heavy atom. The molecule has 20 heavy (non-hydrogen) atoms. The first-order chi connectivity index (χ1) is 9.81. The van der Waals surface area contributed by atoms with Gasteiger partial charge in [0.25, 0.3) is 0 Å². The molecule has 0 aromatic carbocycles. The van der Waals surface area contributed by atoms with Crippen molar-refractivity contribution in [1.29, 1.82) is 0 Å².